The standard InChI is InChI=1S/C45H84O3S/c1-2-3-4-5-6-7-8-9-10-11-12-13-14-15-16-17-18-19-20-21-22-23-24-25-26-27-28-29-30-31-32-33-34-35-36-37-38-41-44-42-39-40-43-45(44)49(46,47)48/h39-40,42-43H,2-38,41H2,1H3,(H,46,47,48). The highest BCUT2D eigenvalue weighted by atomic mass is 32.2. The Labute approximate surface area is 307 Å². The highest BCUT2D eigenvalue weighted by Crippen LogP contribution is 2.20. The van der Waals surface area contributed by atoms with Crippen molar-refractivity contribution >= 4 is 10.1 Å². The van der Waals surface area contributed by atoms with Crippen molar-refractivity contribution in [2.75, 3.05) is 0 Å². The van der Waals surface area contributed by atoms with Crippen LogP contribution in [0.1, 0.15) is 250 Å². The lowest BCUT2D eigenvalue weighted by Crippen LogP contribution is -2.03. The molecule has 0 bridgehead atoms. The van der Waals surface area contributed by atoms with Crippen molar-refractivity contribution in [3.8, 4) is 0 Å². The van der Waals surface area contributed by atoms with Crippen LogP contribution in [-0.2, 0) is 16.5 Å². The highest BCUT2D eigenvalue weighted by molar-refractivity contribution is 7.85. The topological polar surface area (TPSA) is 54.4 Å². The molecule has 0 heterocycles. The smallest absolute Gasteiger partial charge is 0.282 e. The van der Waals surface area contributed by atoms with Crippen molar-refractivity contribution in [2.24, 2.45) is 0 Å². The molecule has 0 aromatic heterocycles. The van der Waals surface area contributed by atoms with Crippen LogP contribution in [0.5, 0.6) is 0 Å². The van der Waals surface area contributed by atoms with Crippen molar-refractivity contribution in [3.63, 3.8) is 0 Å². The molecule has 1 aromatic rings. The van der Waals surface area contributed by atoms with Crippen molar-refractivity contribution < 1.29 is 13.0 Å². The molecule has 1 N–H and O–H groups in total. The average molecular weight is 705 g/mol. The zero-order chi connectivity index (χ0) is 35.4. The zero-order valence-corrected chi connectivity index (χ0v) is 33.7. The summed E-state index contributed by atoms with van der Waals surface area (Å²) in [6.45, 7) is 2.30. The molecule has 49 heavy (non-hydrogen) atoms. The molecule has 0 amide bonds. The first kappa shape index (κ1) is 46.2. The number of rotatable bonds is 39. The lowest BCUT2D eigenvalue weighted by atomic mass is 10.0. The second-order valence-electron chi connectivity index (χ2n) is 15.6. The summed E-state index contributed by atoms with van der Waals surface area (Å²) in [5, 5.41) is 0. The number of hydrogen-bond donors (Lipinski definition) is 1. The molecule has 0 aliphatic rings. The van der Waals surface area contributed by atoms with Gasteiger partial charge in [0.1, 0.15) is 0 Å². The van der Waals surface area contributed by atoms with Gasteiger partial charge in [-0.3, -0.25) is 4.55 Å². The van der Waals surface area contributed by atoms with E-state index >= 15 is 0 Å². The van der Waals surface area contributed by atoms with E-state index in [-0.39, 0.29) is 4.90 Å². The number of hydrogen-bond acceptors (Lipinski definition) is 2. The predicted molar refractivity (Wildman–Crippen MR) is 216 cm³/mol. The van der Waals surface area contributed by atoms with Crippen molar-refractivity contribution in [1.29, 1.82) is 0 Å². The Morgan fingerprint density at radius 1 is 0.367 bits per heavy atom. The van der Waals surface area contributed by atoms with Crippen LogP contribution in [0.4, 0.5) is 0 Å². The molecule has 0 aliphatic heterocycles. The monoisotopic (exact) mass is 705 g/mol. The maximum atomic E-state index is 11.5. The van der Waals surface area contributed by atoms with Gasteiger partial charge in [0, 0.05) is 0 Å². The van der Waals surface area contributed by atoms with Gasteiger partial charge in [0.2, 0.25) is 0 Å². The van der Waals surface area contributed by atoms with Crippen LogP contribution in [0.15, 0.2) is 29.2 Å². The SMILES string of the molecule is CCCCCCCCCCCCCCCCCCCCCCCCCCCCCCCCCCCCCCCc1ccccc1S(=O)(=O)O. The number of aryl methyl sites for hydroxylation is 1. The Balaban J connectivity index is 1.67. The van der Waals surface area contributed by atoms with Crippen LogP contribution in [0.3, 0.4) is 0 Å². The van der Waals surface area contributed by atoms with E-state index in [2.05, 4.69) is 6.92 Å². The summed E-state index contributed by atoms with van der Waals surface area (Å²) in [5.74, 6) is 0. The molecular formula is C45H84O3S. The molecule has 288 valence electrons. The van der Waals surface area contributed by atoms with Gasteiger partial charge in [-0.25, -0.2) is 0 Å². The second-order valence-corrected chi connectivity index (χ2v) is 17.0. The summed E-state index contributed by atoms with van der Waals surface area (Å²) in [5.41, 5.74) is 0.737. The summed E-state index contributed by atoms with van der Waals surface area (Å²) in [6.07, 6.45) is 53.1. The van der Waals surface area contributed by atoms with Gasteiger partial charge in [0.05, 0.1) is 4.90 Å². The van der Waals surface area contributed by atoms with E-state index in [0.29, 0.717) is 0 Å². The molecule has 0 unspecified atom stereocenters. The maximum Gasteiger partial charge on any atom is 0.294 e. The fourth-order valence-electron chi connectivity index (χ4n) is 7.54. The van der Waals surface area contributed by atoms with Crippen molar-refractivity contribution in [2.45, 2.75) is 256 Å². The molecule has 1 aromatic carbocycles. The first-order chi connectivity index (χ1) is 24.1. The van der Waals surface area contributed by atoms with Gasteiger partial charge >= 0.3 is 0 Å². The molecular weight excluding hydrogens is 621 g/mol. The highest BCUT2D eigenvalue weighted by Gasteiger charge is 2.13. The third kappa shape index (κ3) is 31.6. The van der Waals surface area contributed by atoms with Gasteiger partial charge < -0.3 is 0 Å². The Morgan fingerprint density at radius 2 is 0.592 bits per heavy atom. The largest absolute Gasteiger partial charge is 0.294 e. The van der Waals surface area contributed by atoms with Crippen LogP contribution in [0.2, 0.25) is 0 Å². The minimum atomic E-state index is -4.12. The van der Waals surface area contributed by atoms with Crippen molar-refractivity contribution in [3.05, 3.63) is 29.8 Å². The molecule has 0 spiro atoms. The molecule has 4 heteroatoms. The molecule has 0 aliphatic carbocycles. The molecule has 0 fully saturated rings. The number of unbranched alkanes of at least 4 members (excludes halogenated alkanes) is 36. The van der Waals surface area contributed by atoms with Crippen LogP contribution in [-0.4, -0.2) is 13.0 Å². The fourth-order valence-corrected chi connectivity index (χ4v) is 8.29. The van der Waals surface area contributed by atoms with Crippen LogP contribution < -0.4 is 0 Å². The Hall–Kier alpha value is -0.870. The molecule has 0 saturated carbocycles. The normalized spacial score (nSPS) is 11.9. The van der Waals surface area contributed by atoms with E-state index in [1.54, 1.807) is 6.07 Å². The summed E-state index contributed by atoms with van der Waals surface area (Å²) < 4.78 is 32.4. The van der Waals surface area contributed by atoms with E-state index in [4.69, 9.17) is 0 Å². The van der Waals surface area contributed by atoms with Gasteiger partial charge in [0.15, 0.2) is 0 Å². The summed E-state index contributed by atoms with van der Waals surface area (Å²) in [4.78, 5) is 0.0708. The van der Waals surface area contributed by atoms with E-state index in [1.165, 1.54) is 231 Å². The van der Waals surface area contributed by atoms with E-state index < -0.39 is 10.1 Å². The summed E-state index contributed by atoms with van der Waals surface area (Å²) >= 11 is 0. The van der Waals surface area contributed by atoms with Gasteiger partial charge in [-0.15, -0.1) is 0 Å². The quantitative estimate of drug-likeness (QED) is 0.0548. The molecule has 0 atom stereocenters. The predicted octanol–water partition coefficient (Wildman–Crippen LogP) is 15.9. The number of benzene rings is 1. The molecule has 1 rings (SSSR count). The fraction of sp³-hybridized carbons (Fsp3) is 0.867. The lowest BCUT2D eigenvalue weighted by Gasteiger charge is -2.07. The Bertz CT molecular complexity index is 912. The van der Waals surface area contributed by atoms with Crippen LogP contribution in [0.25, 0.3) is 0 Å². The molecule has 0 radical (unpaired) electrons. The first-order valence-corrected chi connectivity index (χ1v) is 23.5. The summed E-state index contributed by atoms with van der Waals surface area (Å²) in [6, 6.07) is 6.82. The van der Waals surface area contributed by atoms with Crippen molar-refractivity contribution in [1.82, 2.24) is 0 Å². The third-order valence-electron chi connectivity index (χ3n) is 10.8. The zero-order valence-electron chi connectivity index (χ0n) is 32.9. The van der Waals surface area contributed by atoms with E-state index in [9.17, 15) is 13.0 Å². The van der Waals surface area contributed by atoms with E-state index in [1.807, 2.05) is 12.1 Å². The molecule has 0 saturated heterocycles. The van der Waals surface area contributed by atoms with E-state index in [0.717, 1.165) is 24.8 Å². The molecule has 3 nitrogen and oxygen atoms in total. The van der Waals surface area contributed by atoms with Gasteiger partial charge in [-0.2, -0.15) is 8.42 Å². The Kier molecular flexibility index (Phi) is 33.5. The van der Waals surface area contributed by atoms with Gasteiger partial charge in [-0.1, -0.05) is 256 Å². The lowest BCUT2D eigenvalue weighted by molar-refractivity contribution is 0.481. The average Bonchev–Trinajstić information content (AvgIpc) is 3.09. The second kappa shape index (κ2) is 35.5. The minimum absolute atomic E-state index is 0.0708. The minimum Gasteiger partial charge on any atom is -0.282 e. The maximum absolute atomic E-state index is 11.5. The van der Waals surface area contributed by atoms with Crippen LogP contribution >= 0.6 is 0 Å². The van der Waals surface area contributed by atoms with Crippen LogP contribution in [0, 0.1) is 0 Å². The summed E-state index contributed by atoms with van der Waals surface area (Å²) in [7, 11) is -4.12. The van der Waals surface area contributed by atoms with Gasteiger partial charge in [-0.05, 0) is 24.5 Å². The Morgan fingerprint density at radius 3 is 0.837 bits per heavy atom. The first-order valence-electron chi connectivity index (χ1n) is 22.1. The third-order valence-corrected chi connectivity index (χ3v) is 11.8. The van der Waals surface area contributed by atoms with Gasteiger partial charge in [0.25, 0.3) is 10.1 Å².